The number of rotatable bonds is 5. The summed E-state index contributed by atoms with van der Waals surface area (Å²) in [5.41, 5.74) is 0. The van der Waals surface area contributed by atoms with Gasteiger partial charge in [0.2, 0.25) is 0 Å². The molecule has 0 aliphatic rings. The molecule has 0 aliphatic carbocycles. The first-order chi connectivity index (χ1) is 6.76. The Morgan fingerprint density at radius 3 is 2.43 bits per heavy atom. The Bertz CT molecular complexity index is 289. The van der Waals surface area contributed by atoms with Crippen molar-refractivity contribution in [3.05, 3.63) is 22.7 Å². The third-order valence-electron chi connectivity index (χ3n) is 1.64. The average molecular weight is 261 g/mol. The van der Waals surface area contributed by atoms with Gasteiger partial charge in [0.1, 0.15) is 18.1 Å². The normalized spacial score (nSPS) is 9.93. The Morgan fingerprint density at radius 2 is 1.79 bits per heavy atom. The Kier molecular flexibility index (Phi) is 4.76. The van der Waals surface area contributed by atoms with E-state index in [4.69, 9.17) is 14.2 Å². The summed E-state index contributed by atoms with van der Waals surface area (Å²) in [5, 5.41) is 0. The summed E-state index contributed by atoms with van der Waals surface area (Å²) in [5.74, 6) is 1.54. The van der Waals surface area contributed by atoms with Gasteiger partial charge >= 0.3 is 0 Å². The summed E-state index contributed by atoms with van der Waals surface area (Å²) in [7, 11) is 3.27. The van der Waals surface area contributed by atoms with E-state index in [0.29, 0.717) is 13.2 Å². The fourth-order valence-corrected chi connectivity index (χ4v) is 1.43. The molecule has 0 radical (unpaired) electrons. The van der Waals surface area contributed by atoms with Crippen molar-refractivity contribution in [2.24, 2.45) is 0 Å². The molecule has 1 rings (SSSR count). The molecule has 0 spiro atoms. The molecule has 0 saturated carbocycles. The van der Waals surface area contributed by atoms with Gasteiger partial charge in [0.05, 0.1) is 13.7 Å². The number of halogens is 1. The number of hydrogen-bond donors (Lipinski definition) is 0. The van der Waals surface area contributed by atoms with Crippen LogP contribution >= 0.6 is 15.9 Å². The van der Waals surface area contributed by atoms with Crippen LogP contribution in [-0.2, 0) is 4.74 Å². The molecule has 0 aliphatic heterocycles. The van der Waals surface area contributed by atoms with E-state index in [1.165, 1.54) is 0 Å². The molecule has 4 heteroatoms. The first kappa shape index (κ1) is 11.3. The smallest absolute Gasteiger partial charge is 0.124 e. The molecule has 0 saturated heterocycles. The second-order valence-electron chi connectivity index (χ2n) is 2.67. The minimum absolute atomic E-state index is 0.538. The van der Waals surface area contributed by atoms with Gasteiger partial charge in [0.25, 0.3) is 0 Å². The molecule has 0 atom stereocenters. The highest BCUT2D eigenvalue weighted by molar-refractivity contribution is 9.10. The monoisotopic (exact) mass is 260 g/mol. The topological polar surface area (TPSA) is 27.7 Å². The molecule has 1 aromatic rings. The second kappa shape index (κ2) is 5.88. The predicted molar refractivity (Wildman–Crippen MR) is 58.1 cm³/mol. The molecule has 0 bridgehead atoms. The van der Waals surface area contributed by atoms with Crippen molar-refractivity contribution in [1.82, 2.24) is 0 Å². The Hall–Kier alpha value is -0.740. The van der Waals surface area contributed by atoms with E-state index < -0.39 is 0 Å². The van der Waals surface area contributed by atoms with Crippen molar-refractivity contribution in [2.75, 3.05) is 27.4 Å². The minimum Gasteiger partial charge on any atom is -0.497 e. The number of benzene rings is 1. The third kappa shape index (κ3) is 3.55. The highest BCUT2D eigenvalue weighted by atomic mass is 79.9. The van der Waals surface area contributed by atoms with Crippen LogP contribution in [0.4, 0.5) is 0 Å². The lowest BCUT2D eigenvalue weighted by Crippen LogP contribution is -2.04. The van der Waals surface area contributed by atoms with E-state index in [0.717, 1.165) is 16.0 Å². The third-order valence-corrected chi connectivity index (χ3v) is 2.09. The standard InChI is InChI=1S/C10H13BrO3/c1-12-3-4-14-10-6-8(11)5-9(7-10)13-2/h5-7H,3-4H2,1-2H3. The summed E-state index contributed by atoms with van der Waals surface area (Å²) in [6, 6.07) is 5.60. The van der Waals surface area contributed by atoms with Gasteiger partial charge < -0.3 is 14.2 Å². The molecule has 78 valence electrons. The molecule has 0 fully saturated rings. The number of hydrogen-bond acceptors (Lipinski definition) is 3. The zero-order valence-electron chi connectivity index (χ0n) is 8.25. The summed E-state index contributed by atoms with van der Waals surface area (Å²) in [4.78, 5) is 0. The van der Waals surface area contributed by atoms with Crippen LogP contribution < -0.4 is 9.47 Å². The Morgan fingerprint density at radius 1 is 1.07 bits per heavy atom. The van der Waals surface area contributed by atoms with Gasteiger partial charge in [0, 0.05) is 17.6 Å². The molecule has 14 heavy (non-hydrogen) atoms. The van der Waals surface area contributed by atoms with Gasteiger partial charge in [-0.3, -0.25) is 0 Å². The van der Waals surface area contributed by atoms with Crippen molar-refractivity contribution in [1.29, 1.82) is 0 Å². The van der Waals surface area contributed by atoms with Crippen LogP contribution in [0.1, 0.15) is 0 Å². The zero-order valence-corrected chi connectivity index (χ0v) is 9.83. The minimum atomic E-state index is 0.538. The SMILES string of the molecule is COCCOc1cc(Br)cc(OC)c1. The maximum atomic E-state index is 5.43. The summed E-state index contributed by atoms with van der Waals surface area (Å²) >= 11 is 3.37. The Labute approximate surface area is 92.1 Å². The molecular weight excluding hydrogens is 248 g/mol. The van der Waals surface area contributed by atoms with Gasteiger partial charge in [-0.25, -0.2) is 0 Å². The van der Waals surface area contributed by atoms with E-state index in [2.05, 4.69) is 15.9 Å². The van der Waals surface area contributed by atoms with Crippen molar-refractivity contribution in [2.45, 2.75) is 0 Å². The first-order valence-corrected chi connectivity index (χ1v) is 5.02. The number of ether oxygens (including phenoxy) is 3. The highest BCUT2D eigenvalue weighted by Gasteiger charge is 1.99. The Balaban J connectivity index is 2.62. The average Bonchev–Trinajstić information content (AvgIpc) is 2.17. The molecule has 1 aromatic carbocycles. The van der Waals surface area contributed by atoms with Crippen LogP contribution in [0.25, 0.3) is 0 Å². The molecule has 0 N–H and O–H groups in total. The molecule has 0 aromatic heterocycles. The van der Waals surface area contributed by atoms with Crippen LogP contribution in [0, 0.1) is 0 Å². The van der Waals surface area contributed by atoms with Gasteiger partial charge in [-0.2, -0.15) is 0 Å². The fraction of sp³-hybridized carbons (Fsp3) is 0.400. The quantitative estimate of drug-likeness (QED) is 0.762. The fourth-order valence-electron chi connectivity index (χ4n) is 0.981. The summed E-state index contributed by atoms with van der Waals surface area (Å²) in [6.07, 6.45) is 0. The van der Waals surface area contributed by atoms with Crippen molar-refractivity contribution < 1.29 is 14.2 Å². The molecule has 0 amide bonds. The summed E-state index contributed by atoms with van der Waals surface area (Å²) in [6.45, 7) is 1.12. The van der Waals surface area contributed by atoms with Crippen molar-refractivity contribution >= 4 is 15.9 Å². The largest absolute Gasteiger partial charge is 0.497 e. The van der Waals surface area contributed by atoms with Gasteiger partial charge in [-0.15, -0.1) is 0 Å². The van der Waals surface area contributed by atoms with E-state index in [1.807, 2.05) is 18.2 Å². The highest BCUT2D eigenvalue weighted by Crippen LogP contribution is 2.25. The van der Waals surface area contributed by atoms with Crippen molar-refractivity contribution in [3.8, 4) is 11.5 Å². The maximum absolute atomic E-state index is 5.43. The first-order valence-electron chi connectivity index (χ1n) is 4.22. The van der Waals surface area contributed by atoms with Crippen LogP contribution in [0.2, 0.25) is 0 Å². The number of methoxy groups -OCH3 is 2. The van der Waals surface area contributed by atoms with Crippen LogP contribution in [0.3, 0.4) is 0 Å². The second-order valence-corrected chi connectivity index (χ2v) is 3.58. The van der Waals surface area contributed by atoms with E-state index in [-0.39, 0.29) is 0 Å². The lowest BCUT2D eigenvalue weighted by Gasteiger charge is -2.07. The molecular formula is C10H13BrO3. The van der Waals surface area contributed by atoms with Gasteiger partial charge in [-0.1, -0.05) is 15.9 Å². The molecule has 0 unspecified atom stereocenters. The van der Waals surface area contributed by atoms with Crippen LogP contribution in [0.15, 0.2) is 22.7 Å². The van der Waals surface area contributed by atoms with Crippen LogP contribution in [-0.4, -0.2) is 27.4 Å². The lowest BCUT2D eigenvalue weighted by molar-refractivity contribution is 0.146. The van der Waals surface area contributed by atoms with E-state index >= 15 is 0 Å². The van der Waals surface area contributed by atoms with E-state index in [1.54, 1.807) is 14.2 Å². The lowest BCUT2D eigenvalue weighted by atomic mass is 10.3. The summed E-state index contributed by atoms with van der Waals surface area (Å²) < 4.78 is 16.4. The molecule has 3 nitrogen and oxygen atoms in total. The molecule has 0 heterocycles. The van der Waals surface area contributed by atoms with Gasteiger partial charge in [-0.05, 0) is 12.1 Å². The zero-order chi connectivity index (χ0) is 10.4. The predicted octanol–water partition coefficient (Wildman–Crippen LogP) is 2.48. The van der Waals surface area contributed by atoms with Crippen LogP contribution in [0.5, 0.6) is 11.5 Å². The van der Waals surface area contributed by atoms with E-state index in [9.17, 15) is 0 Å². The van der Waals surface area contributed by atoms with Gasteiger partial charge in [0.15, 0.2) is 0 Å². The van der Waals surface area contributed by atoms with Crippen molar-refractivity contribution in [3.63, 3.8) is 0 Å². The maximum Gasteiger partial charge on any atom is 0.124 e.